The highest BCUT2D eigenvalue weighted by atomic mass is 32.1. The van der Waals surface area contributed by atoms with Crippen LogP contribution < -0.4 is 20.3 Å². The van der Waals surface area contributed by atoms with E-state index in [9.17, 15) is 4.79 Å². The molecule has 1 amide bonds. The minimum atomic E-state index is -0.260. The number of piperidine rings is 1. The van der Waals surface area contributed by atoms with Crippen LogP contribution in [0.4, 0.5) is 11.4 Å². The van der Waals surface area contributed by atoms with Crippen LogP contribution in [0.1, 0.15) is 36.5 Å². The smallest absolute Gasteiger partial charge is 0.257 e. The van der Waals surface area contributed by atoms with Gasteiger partial charge in [0, 0.05) is 18.7 Å². The lowest BCUT2D eigenvalue weighted by atomic mass is 10.1. The molecule has 0 radical (unpaired) electrons. The van der Waals surface area contributed by atoms with E-state index in [0.717, 1.165) is 24.5 Å². The molecule has 0 spiro atoms. The van der Waals surface area contributed by atoms with E-state index in [-0.39, 0.29) is 11.0 Å². The SMILES string of the molecule is CCOc1cccc(C(=O)NC(=S)Nc2ccccc2N2CCCCC2)c1. The number of nitrogens with zero attached hydrogens (tertiary/aromatic N) is 1. The second-order valence-corrected chi connectivity index (χ2v) is 6.84. The third-order valence-electron chi connectivity index (χ3n) is 4.48. The Morgan fingerprint density at radius 3 is 2.67 bits per heavy atom. The van der Waals surface area contributed by atoms with Crippen LogP contribution in [0, 0.1) is 0 Å². The number of benzene rings is 2. The Morgan fingerprint density at radius 1 is 1.11 bits per heavy atom. The van der Waals surface area contributed by atoms with Gasteiger partial charge in [0.15, 0.2) is 5.11 Å². The minimum absolute atomic E-state index is 0.260. The van der Waals surface area contributed by atoms with Crippen LogP contribution in [-0.4, -0.2) is 30.7 Å². The molecule has 2 aromatic rings. The molecule has 0 bridgehead atoms. The fourth-order valence-corrected chi connectivity index (χ4v) is 3.42. The number of ether oxygens (including phenoxy) is 1. The summed E-state index contributed by atoms with van der Waals surface area (Å²) < 4.78 is 5.45. The maximum absolute atomic E-state index is 12.5. The summed E-state index contributed by atoms with van der Waals surface area (Å²) in [6.07, 6.45) is 3.68. The van der Waals surface area contributed by atoms with Gasteiger partial charge in [0.05, 0.1) is 18.0 Å². The first kappa shape index (κ1) is 19.2. The van der Waals surface area contributed by atoms with Crippen LogP contribution in [0.25, 0.3) is 0 Å². The van der Waals surface area contributed by atoms with Crippen LogP contribution in [0.15, 0.2) is 48.5 Å². The highest BCUT2D eigenvalue weighted by molar-refractivity contribution is 7.80. The number of thiocarbonyl (C=S) groups is 1. The second-order valence-electron chi connectivity index (χ2n) is 6.43. The van der Waals surface area contributed by atoms with Crippen LogP contribution >= 0.6 is 12.2 Å². The number of hydrogen-bond donors (Lipinski definition) is 2. The molecule has 3 rings (SSSR count). The molecule has 0 saturated carbocycles. The van der Waals surface area contributed by atoms with Crippen molar-refractivity contribution in [3.05, 3.63) is 54.1 Å². The van der Waals surface area contributed by atoms with Gasteiger partial charge in [0.2, 0.25) is 0 Å². The number of anilines is 2. The largest absolute Gasteiger partial charge is 0.494 e. The molecule has 1 aliphatic heterocycles. The van der Waals surface area contributed by atoms with Crippen molar-refractivity contribution in [1.29, 1.82) is 0 Å². The number of nitrogens with one attached hydrogen (secondary N) is 2. The van der Waals surface area contributed by atoms with Crippen molar-refractivity contribution in [2.24, 2.45) is 0 Å². The molecule has 1 heterocycles. The molecule has 2 aromatic carbocycles. The second kappa shape index (κ2) is 9.37. The highest BCUT2D eigenvalue weighted by Gasteiger charge is 2.15. The summed E-state index contributed by atoms with van der Waals surface area (Å²) in [6, 6.07) is 15.1. The van der Waals surface area contributed by atoms with E-state index in [4.69, 9.17) is 17.0 Å². The number of hydrogen-bond acceptors (Lipinski definition) is 4. The van der Waals surface area contributed by atoms with Crippen molar-refractivity contribution in [2.75, 3.05) is 29.9 Å². The Labute approximate surface area is 165 Å². The summed E-state index contributed by atoms with van der Waals surface area (Å²) in [7, 11) is 0. The van der Waals surface area contributed by atoms with E-state index in [2.05, 4.69) is 21.6 Å². The van der Waals surface area contributed by atoms with Gasteiger partial charge in [0.25, 0.3) is 5.91 Å². The summed E-state index contributed by atoms with van der Waals surface area (Å²) >= 11 is 5.36. The third-order valence-corrected chi connectivity index (χ3v) is 4.69. The molecule has 27 heavy (non-hydrogen) atoms. The average molecular weight is 384 g/mol. The van der Waals surface area contributed by atoms with Gasteiger partial charge in [-0.3, -0.25) is 10.1 Å². The molecule has 6 heteroatoms. The molecule has 1 saturated heterocycles. The number of carbonyl (C=O) groups is 1. The summed E-state index contributed by atoms with van der Waals surface area (Å²) in [4.78, 5) is 14.8. The van der Waals surface area contributed by atoms with E-state index >= 15 is 0 Å². The fraction of sp³-hybridized carbons (Fsp3) is 0.333. The Balaban J connectivity index is 1.66. The third kappa shape index (κ3) is 5.20. The zero-order valence-corrected chi connectivity index (χ0v) is 16.3. The average Bonchev–Trinajstić information content (AvgIpc) is 2.69. The topological polar surface area (TPSA) is 53.6 Å². The molecule has 2 N–H and O–H groups in total. The van der Waals surface area contributed by atoms with Gasteiger partial charge < -0.3 is 15.0 Å². The number of para-hydroxylation sites is 2. The standard InChI is InChI=1S/C21H25N3O2S/c1-2-26-17-10-8-9-16(15-17)20(25)23-21(27)22-18-11-4-5-12-19(18)24-13-6-3-7-14-24/h4-5,8-12,15H,2-3,6-7,13-14H2,1H3,(H2,22,23,25,27). The Kier molecular flexibility index (Phi) is 6.65. The monoisotopic (exact) mass is 383 g/mol. The molecule has 5 nitrogen and oxygen atoms in total. The van der Waals surface area contributed by atoms with Crippen LogP contribution in [-0.2, 0) is 0 Å². The first-order chi connectivity index (χ1) is 13.2. The van der Waals surface area contributed by atoms with E-state index in [0.29, 0.717) is 17.9 Å². The van der Waals surface area contributed by atoms with Crippen molar-refractivity contribution in [2.45, 2.75) is 26.2 Å². The Bertz CT molecular complexity index is 804. The van der Waals surface area contributed by atoms with Crippen LogP contribution in [0.3, 0.4) is 0 Å². The van der Waals surface area contributed by atoms with E-state index in [1.165, 1.54) is 19.3 Å². The lowest BCUT2D eigenvalue weighted by molar-refractivity contribution is 0.0977. The molecule has 0 unspecified atom stereocenters. The van der Waals surface area contributed by atoms with Crippen LogP contribution in [0.5, 0.6) is 5.75 Å². The van der Waals surface area contributed by atoms with E-state index in [1.54, 1.807) is 18.2 Å². The quantitative estimate of drug-likeness (QED) is 0.758. The molecule has 142 valence electrons. The zero-order valence-electron chi connectivity index (χ0n) is 15.5. The number of rotatable bonds is 5. The van der Waals surface area contributed by atoms with E-state index < -0.39 is 0 Å². The van der Waals surface area contributed by atoms with Crippen molar-refractivity contribution < 1.29 is 9.53 Å². The van der Waals surface area contributed by atoms with Gasteiger partial charge in [-0.05, 0) is 68.7 Å². The molecular weight excluding hydrogens is 358 g/mol. The molecule has 1 aliphatic rings. The predicted octanol–water partition coefficient (Wildman–Crippen LogP) is 4.20. The minimum Gasteiger partial charge on any atom is -0.494 e. The van der Waals surface area contributed by atoms with Crippen molar-refractivity contribution in [1.82, 2.24) is 5.32 Å². The summed E-state index contributed by atoms with van der Waals surface area (Å²) in [6.45, 7) is 4.55. The summed E-state index contributed by atoms with van der Waals surface area (Å²) in [5, 5.41) is 6.21. The van der Waals surface area contributed by atoms with Crippen molar-refractivity contribution in [3.63, 3.8) is 0 Å². The van der Waals surface area contributed by atoms with Crippen molar-refractivity contribution >= 4 is 34.6 Å². The van der Waals surface area contributed by atoms with Gasteiger partial charge in [-0.2, -0.15) is 0 Å². The number of carbonyl (C=O) groups excluding carboxylic acids is 1. The molecule has 0 aromatic heterocycles. The van der Waals surface area contributed by atoms with Gasteiger partial charge in [-0.1, -0.05) is 18.2 Å². The van der Waals surface area contributed by atoms with Crippen molar-refractivity contribution in [3.8, 4) is 5.75 Å². The summed E-state index contributed by atoms with van der Waals surface area (Å²) in [5.41, 5.74) is 2.54. The Morgan fingerprint density at radius 2 is 1.89 bits per heavy atom. The van der Waals surface area contributed by atoms with Gasteiger partial charge in [-0.15, -0.1) is 0 Å². The van der Waals surface area contributed by atoms with Gasteiger partial charge in [-0.25, -0.2) is 0 Å². The first-order valence-corrected chi connectivity index (χ1v) is 9.77. The summed E-state index contributed by atoms with van der Waals surface area (Å²) in [5.74, 6) is 0.406. The normalized spacial score (nSPS) is 13.7. The van der Waals surface area contributed by atoms with E-state index in [1.807, 2.05) is 31.2 Å². The first-order valence-electron chi connectivity index (χ1n) is 9.36. The van der Waals surface area contributed by atoms with Crippen LogP contribution in [0.2, 0.25) is 0 Å². The molecule has 0 aliphatic carbocycles. The van der Waals surface area contributed by atoms with Gasteiger partial charge in [0.1, 0.15) is 5.75 Å². The fourth-order valence-electron chi connectivity index (χ4n) is 3.21. The molecule has 0 atom stereocenters. The highest BCUT2D eigenvalue weighted by Crippen LogP contribution is 2.28. The lowest BCUT2D eigenvalue weighted by Crippen LogP contribution is -2.35. The Hall–Kier alpha value is -2.60. The molecule has 1 fully saturated rings. The predicted molar refractivity (Wildman–Crippen MR) is 114 cm³/mol. The molecular formula is C21H25N3O2S. The zero-order chi connectivity index (χ0) is 19.1. The van der Waals surface area contributed by atoms with Gasteiger partial charge >= 0.3 is 0 Å². The maximum atomic E-state index is 12.5. The lowest BCUT2D eigenvalue weighted by Gasteiger charge is -2.30. The number of amides is 1. The maximum Gasteiger partial charge on any atom is 0.257 e.